The van der Waals surface area contributed by atoms with E-state index in [1.54, 1.807) is 19.1 Å². The molecule has 11 heteroatoms. The molecule has 2 aromatic rings. The first-order valence-electron chi connectivity index (χ1n) is 17.9. The predicted octanol–water partition coefficient (Wildman–Crippen LogP) is 5.17. The van der Waals surface area contributed by atoms with Gasteiger partial charge in [-0.25, -0.2) is 13.1 Å². The van der Waals surface area contributed by atoms with Crippen LogP contribution in [-0.2, 0) is 26.6 Å². The standard InChI is InChI=1S/C37H50ClN3O6S/c1-25-5-3-14-37(43,23-40-15-17-46-18-16-40)32-10-7-29(32)21-41-22-36(13-4-6-27-19-30(38)9-11-31(27)36)24-47-34-12-8-28(20-33(34)41)35(42)39-48(44,45)26(25)2/h8-9,11-12,19-20,25-26,29,32,43H,3-7,10,13-18,21-24H2,1-2H3,(H,39,42)/t25-,26+,29-,32+,36-,37+/m0/s1. The highest BCUT2D eigenvalue weighted by molar-refractivity contribution is 7.90. The van der Waals surface area contributed by atoms with Crippen molar-refractivity contribution in [3.63, 3.8) is 0 Å². The third-order valence-corrected chi connectivity index (χ3v) is 14.4. The lowest BCUT2D eigenvalue weighted by atomic mass is 9.62. The first-order chi connectivity index (χ1) is 23.0. The number of morpholine rings is 1. The van der Waals surface area contributed by atoms with Gasteiger partial charge >= 0.3 is 0 Å². The zero-order chi connectivity index (χ0) is 33.7. The largest absolute Gasteiger partial charge is 0.490 e. The van der Waals surface area contributed by atoms with Crippen molar-refractivity contribution in [3.8, 4) is 5.75 Å². The van der Waals surface area contributed by atoms with Crippen molar-refractivity contribution in [1.29, 1.82) is 0 Å². The highest BCUT2D eigenvalue weighted by Crippen LogP contribution is 2.49. The Labute approximate surface area is 290 Å². The summed E-state index contributed by atoms with van der Waals surface area (Å²) in [7, 11) is -3.94. The van der Waals surface area contributed by atoms with E-state index in [4.69, 9.17) is 21.1 Å². The van der Waals surface area contributed by atoms with E-state index in [0.717, 1.165) is 55.9 Å². The van der Waals surface area contributed by atoms with E-state index in [-0.39, 0.29) is 23.2 Å². The maximum Gasteiger partial charge on any atom is 0.264 e. The number of amides is 1. The monoisotopic (exact) mass is 699 g/mol. The van der Waals surface area contributed by atoms with E-state index in [2.05, 4.69) is 26.7 Å². The highest BCUT2D eigenvalue weighted by Gasteiger charge is 2.49. The third kappa shape index (κ3) is 6.60. The fraction of sp³-hybridized carbons (Fsp3) is 0.649. The molecule has 1 spiro atoms. The average molecular weight is 700 g/mol. The number of carbonyl (C=O) groups excluding carboxylic acids is 1. The molecule has 0 unspecified atom stereocenters. The normalized spacial score (nSPS) is 34.2. The summed E-state index contributed by atoms with van der Waals surface area (Å²) in [4.78, 5) is 18.2. The fourth-order valence-electron chi connectivity index (χ4n) is 9.11. The number of aryl methyl sites for hydroxylation is 1. The number of aliphatic hydroxyl groups is 1. The molecule has 2 N–H and O–H groups in total. The number of β-amino-alcohol motifs (C(OH)–C–C–N with tert-alkyl or cyclic N) is 1. The van der Waals surface area contributed by atoms with Gasteiger partial charge in [0.15, 0.2) is 0 Å². The average Bonchev–Trinajstić information content (AvgIpc) is 3.19. The van der Waals surface area contributed by atoms with Gasteiger partial charge in [-0.3, -0.25) is 9.69 Å². The predicted molar refractivity (Wildman–Crippen MR) is 188 cm³/mol. The van der Waals surface area contributed by atoms with Crippen molar-refractivity contribution >= 4 is 33.2 Å². The summed E-state index contributed by atoms with van der Waals surface area (Å²) < 4.78 is 41.5. The van der Waals surface area contributed by atoms with Gasteiger partial charge in [-0.1, -0.05) is 31.0 Å². The van der Waals surface area contributed by atoms with E-state index < -0.39 is 26.8 Å². The Morgan fingerprint density at radius 2 is 1.85 bits per heavy atom. The van der Waals surface area contributed by atoms with Crippen LogP contribution in [0.5, 0.6) is 5.75 Å². The molecule has 7 rings (SSSR count). The molecule has 1 amide bonds. The molecule has 5 aliphatic rings. The number of anilines is 1. The van der Waals surface area contributed by atoms with E-state index >= 15 is 0 Å². The molecule has 1 saturated heterocycles. The van der Waals surface area contributed by atoms with Gasteiger partial charge in [-0.05, 0) is 111 Å². The minimum atomic E-state index is -3.94. The summed E-state index contributed by atoms with van der Waals surface area (Å²) in [6, 6.07) is 11.5. The summed E-state index contributed by atoms with van der Waals surface area (Å²) in [6.07, 6.45) is 6.90. The van der Waals surface area contributed by atoms with Crippen molar-refractivity contribution in [2.24, 2.45) is 17.8 Å². The fourth-order valence-corrected chi connectivity index (χ4v) is 10.6. The van der Waals surface area contributed by atoms with Crippen LogP contribution in [0.3, 0.4) is 0 Å². The van der Waals surface area contributed by atoms with Gasteiger partial charge in [-0.15, -0.1) is 0 Å². The van der Waals surface area contributed by atoms with Crippen LogP contribution >= 0.6 is 11.6 Å². The maximum atomic E-state index is 13.5. The van der Waals surface area contributed by atoms with Gasteiger partial charge in [0, 0.05) is 48.7 Å². The number of benzene rings is 2. The van der Waals surface area contributed by atoms with E-state index in [0.29, 0.717) is 70.0 Å². The van der Waals surface area contributed by atoms with Gasteiger partial charge in [0.1, 0.15) is 5.75 Å². The second-order valence-corrected chi connectivity index (χ2v) is 17.7. The van der Waals surface area contributed by atoms with Gasteiger partial charge in [0.25, 0.3) is 5.91 Å². The van der Waals surface area contributed by atoms with Gasteiger partial charge in [0.05, 0.1) is 36.4 Å². The molecule has 2 fully saturated rings. The van der Waals surface area contributed by atoms with Crippen molar-refractivity contribution in [1.82, 2.24) is 9.62 Å². The molecule has 2 aromatic carbocycles. The van der Waals surface area contributed by atoms with Gasteiger partial charge in [0.2, 0.25) is 10.0 Å². The first kappa shape index (κ1) is 34.1. The SMILES string of the molecule is C[C@@H]1[C@@H](C)CCC[C@@](O)(CN2CCOCC2)[C@@H]2CC[C@H]2CN2C[C@@]3(CCCc4cc(Cl)ccc43)COc3ccc(cc32)C(=O)NS1(=O)=O. The molecule has 3 aliphatic heterocycles. The van der Waals surface area contributed by atoms with Crippen molar-refractivity contribution in [3.05, 3.63) is 58.1 Å². The lowest BCUT2D eigenvalue weighted by Crippen LogP contribution is -2.58. The molecule has 6 atom stereocenters. The minimum absolute atomic E-state index is 0.109. The molecule has 262 valence electrons. The summed E-state index contributed by atoms with van der Waals surface area (Å²) in [5, 5.41) is 12.6. The Bertz CT molecular complexity index is 1630. The molecule has 3 heterocycles. The molecule has 0 aromatic heterocycles. The number of hydrogen-bond donors (Lipinski definition) is 2. The Hall–Kier alpha value is -2.37. The van der Waals surface area contributed by atoms with Crippen LogP contribution in [-0.4, -0.2) is 87.7 Å². The Morgan fingerprint density at radius 1 is 1.04 bits per heavy atom. The van der Waals surface area contributed by atoms with Crippen LogP contribution in [0, 0.1) is 17.8 Å². The quantitative estimate of drug-likeness (QED) is 0.442. The highest BCUT2D eigenvalue weighted by atomic mass is 35.5. The summed E-state index contributed by atoms with van der Waals surface area (Å²) >= 11 is 6.46. The summed E-state index contributed by atoms with van der Waals surface area (Å²) in [5.74, 6) is 0.247. The number of sulfonamides is 1. The van der Waals surface area contributed by atoms with E-state index in [1.807, 2.05) is 19.1 Å². The second-order valence-electron chi connectivity index (χ2n) is 15.3. The van der Waals surface area contributed by atoms with E-state index in [1.165, 1.54) is 11.1 Å². The number of rotatable bonds is 2. The smallest absolute Gasteiger partial charge is 0.264 e. The number of nitrogens with zero attached hydrogens (tertiary/aromatic N) is 2. The molecular formula is C37H50ClN3O6S. The van der Waals surface area contributed by atoms with E-state index in [9.17, 15) is 18.3 Å². The third-order valence-electron chi connectivity index (χ3n) is 12.3. The Balaban J connectivity index is 1.29. The molecule has 2 bridgehead atoms. The van der Waals surface area contributed by atoms with Gasteiger partial charge < -0.3 is 19.5 Å². The number of fused-ring (bicyclic) bond motifs is 4. The zero-order valence-electron chi connectivity index (χ0n) is 28.3. The summed E-state index contributed by atoms with van der Waals surface area (Å²) in [5.41, 5.74) is 2.44. The number of halogens is 1. The molecule has 9 nitrogen and oxygen atoms in total. The van der Waals surface area contributed by atoms with Crippen LogP contribution in [0.15, 0.2) is 36.4 Å². The number of nitrogens with one attached hydrogen (secondary N) is 1. The first-order valence-corrected chi connectivity index (χ1v) is 19.8. The topological polar surface area (TPSA) is 108 Å². The van der Waals surface area contributed by atoms with Crippen LogP contribution < -0.4 is 14.4 Å². The minimum Gasteiger partial charge on any atom is -0.490 e. The van der Waals surface area contributed by atoms with Gasteiger partial charge in [-0.2, -0.15) is 0 Å². The Kier molecular flexibility index (Phi) is 9.52. The molecule has 2 aliphatic carbocycles. The van der Waals surface area contributed by atoms with Crippen LogP contribution in [0.4, 0.5) is 5.69 Å². The van der Waals surface area contributed by atoms with Crippen LogP contribution in [0.25, 0.3) is 0 Å². The zero-order valence-corrected chi connectivity index (χ0v) is 29.8. The maximum absolute atomic E-state index is 13.5. The number of hydrogen-bond acceptors (Lipinski definition) is 8. The molecule has 0 radical (unpaired) electrons. The van der Waals surface area contributed by atoms with Crippen LogP contribution in [0.2, 0.25) is 5.02 Å². The summed E-state index contributed by atoms with van der Waals surface area (Å²) in [6.45, 7) is 9.04. The second kappa shape index (κ2) is 13.4. The molecular weight excluding hydrogens is 650 g/mol. The molecule has 48 heavy (non-hydrogen) atoms. The lowest BCUT2D eigenvalue weighted by molar-refractivity contribution is -0.115. The lowest BCUT2D eigenvalue weighted by Gasteiger charge is -2.51. The van der Waals surface area contributed by atoms with Crippen LogP contribution in [0.1, 0.15) is 80.3 Å². The number of ether oxygens (including phenoxy) is 2. The number of carbonyl (C=O) groups is 1. The Morgan fingerprint density at radius 3 is 2.62 bits per heavy atom. The molecule has 1 saturated carbocycles. The van der Waals surface area contributed by atoms with Crippen molar-refractivity contribution < 1.29 is 27.8 Å². The van der Waals surface area contributed by atoms with Crippen molar-refractivity contribution in [2.75, 3.05) is 57.4 Å². The van der Waals surface area contributed by atoms with Crippen molar-refractivity contribution in [2.45, 2.75) is 81.5 Å².